The molecule has 0 aliphatic carbocycles. The molecule has 3 heterocycles. The lowest BCUT2D eigenvalue weighted by molar-refractivity contribution is -0.169. The van der Waals surface area contributed by atoms with Crippen LogP contribution in [0.2, 0.25) is 25.7 Å². The number of halogens is 3. The first-order valence-electron chi connectivity index (χ1n) is 9.46. The number of rotatable bonds is 8. The van der Waals surface area contributed by atoms with Gasteiger partial charge in [-0.25, -0.2) is 9.97 Å². The van der Waals surface area contributed by atoms with Crippen molar-refractivity contribution >= 4 is 19.1 Å². The van der Waals surface area contributed by atoms with Gasteiger partial charge in [0.25, 0.3) is 0 Å². The summed E-state index contributed by atoms with van der Waals surface area (Å²) in [5.74, 6) is 0. The summed E-state index contributed by atoms with van der Waals surface area (Å²) in [6, 6.07) is 2.42. The lowest BCUT2D eigenvalue weighted by Gasteiger charge is -2.17. The molecule has 160 valence electrons. The summed E-state index contributed by atoms with van der Waals surface area (Å²) < 4.78 is 48.1. The molecule has 0 bridgehead atoms. The molecule has 0 unspecified atom stereocenters. The Morgan fingerprint density at radius 3 is 2.70 bits per heavy atom. The van der Waals surface area contributed by atoms with Crippen LogP contribution in [-0.4, -0.2) is 45.2 Å². The van der Waals surface area contributed by atoms with Crippen molar-refractivity contribution in [3.63, 3.8) is 0 Å². The lowest BCUT2D eigenvalue weighted by atomic mass is 10.2. The van der Waals surface area contributed by atoms with Crippen LogP contribution >= 0.6 is 0 Å². The summed E-state index contributed by atoms with van der Waals surface area (Å²) in [6.45, 7) is 7.84. The average Bonchev–Trinajstić information content (AvgIpc) is 3.28. The number of nitriles is 1. The third-order valence-corrected chi connectivity index (χ3v) is 6.34. The standard InChI is InChI=1S/C19H23F3N6OSi/c1-30(2,3)9-8-29-13-27-7-5-15-17(24-12-25-18(15)27)14-10-26-28(11-14)16(4-6-23)19(20,21)22/h5,7,10-12,16H,4,8-9,13H2,1-3H3/t16-/m1/s1. The van der Waals surface area contributed by atoms with E-state index in [1.165, 1.54) is 18.7 Å². The number of fused-ring (bicyclic) bond motifs is 1. The number of nitrogens with zero attached hydrogens (tertiary/aromatic N) is 6. The predicted octanol–water partition coefficient (Wildman–Crippen LogP) is 4.62. The summed E-state index contributed by atoms with van der Waals surface area (Å²) in [5, 5.41) is 13.3. The monoisotopic (exact) mass is 436 g/mol. The Hall–Kier alpha value is -2.71. The van der Waals surface area contributed by atoms with E-state index in [-0.39, 0.29) is 0 Å². The molecule has 0 saturated carbocycles. The number of hydrogen-bond donors (Lipinski definition) is 0. The molecular weight excluding hydrogens is 413 g/mol. The Labute approximate surface area is 173 Å². The molecule has 0 aliphatic rings. The van der Waals surface area contributed by atoms with E-state index in [2.05, 4.69) is 34.7 Å². The van der Waals surface area contributed by atoms with E-state index in [0.717, 1.165) is 10.7 Å². The quantitative estimate of drug-likeness (QED) is 0.380. The molecule has 0 spiro atoms. The van der Waals surface area contributed by atoms with Gasteiger partial charge in [-0.1, -0.05) is 19.6 Å². The van der Waals surface area contributed by atoms with Crippen LogP contribution in [0.3, 0.4) is 0 Å². The summed E-state index contributed by atoms with van der Waals surface area (Å²) in [5.41, 5.74) is 1.53. The van der Waals surface area contributed by atoms with E-state index in [1.54, 1.807) is 12.1 Å². The Bertz CT molecular complexity index is 1050. The van der Waals surface area contributed by atoms with Crippen LogP contribution in [0.15, 0.2) is 31.0 Å². The van der Waals surface area contributed by atoms with E-state index in [9.17, 15) is 13.2 Å². The molecule has 1 atom stereocenters. The Morgan fingerprint density at radius 2 is 2.03 bits per heavy atom. The van der Waals surface area contributed by atoms with Crippen LogP contribution in [0.1, 0.15) is 12.5 Å². The van der Waals surface area contributed by atoms with Gasteiger partial charge in [-0.3, -0.25) is 4.68 Å². The van der Waals surface area contributed by atoms with Gasteiger partial charge in [0.15, 0.2) is 6.04 Å². The van der Waals surface area contributed by atoms with Gasteiger partial charge in [0.1, 0.15) is 18.7 Å². The highest BCUT2D eigenvalue weighted by atomic mass is 28.3. The Balaban J connectivity index is 1.84. The van der Waals surface area contributed by atoms with Crippen LogP contribution in [0.25, 0.3) is 22.3 Å². The van der Waals surface area contributed by atoms with Gasteiger partial charge in [0.05, 0.1) is 24.4 Å². The molecule has 3 rings (SSSR count). The lowest BCUT2D eigenvalue weighted by Crippen LogP contribution is -2.26. The van der Waals surface area contributed by atoms with Gasteiger partial charge in [0.2, 0.25) is 0 Å². The van der Waals surface area contributed by atoms with Crippen molar-refractivity contribution in [2.24, 2.45) is 0 Å². The maximum atomic E-state index is 13.2. The van der Waals surface area contributed by atoms with E-state index in [1.807, 2.05) is 10.8 Å². The van der Waals surface area contributed by atoms with Crippen molar-refractivity contribution in [1.82, 2.24) is 24.3 Å². The highest BCUT2D eigenvalue weighted by molar-refractivity contribution is 6.76. The zero-order chi connectivity index (χ0) is 21.9. The second-order valence-electron chi connectivity index (χ2n) is 8.22. The second-order valence-corrected chi connectivity index (χ2v) is 13.8. The van der Waals surface area contributed by atoms with Crippen LogP contribution in [-0.2, 0) is 11.5 Å². The maximum absolute atomic E-state index is 13.2. The van der Waals surface area contributed by atoms with Crippen LogP contribution < -0.4 is 0 Å². The Morgan fingerprint density at radius 1 is 1.27 bits per heavy atom. The molecule has 0 aromatic carbocycles. The minimum absolute atomic E-state index is 0.335. The first-order valence-corrected chi connectivity index (χ1v) is 13.2. The molecule has 7 nitrogen and oxygen atoms in total. The third kappa shape index (κ3) is 5.06. The van der Waals surface area contributed by atoms with Gasteiger partial charge < -0.3 is 9.30 Å². The predicted molar refractivity (Wildman–Crippen MR) is 108 cm³/mol. The van der Waals surface area contributed by atoms with Crippen LogP contribution in [0.4, 0.5) is 13.2 Å². The van der Waals surface area contributed by atoms with Gasteiger partial charge in [-0.2, -0.15) is 23.5 Å². The van der Waals surface area contributed by atoms with Crippen LogP contribution in [0.5, 0.6) is 0 Å². The highest BCUT2D eigenvalue weighted by Crippen LogP contribution is 2.34. The average molecular weight is 437 g/mol. The molecule has 3 aromatic rings. The molecule has 3 aromatic heterocycles. The maximum Gasteiger partial charge on any atom is 0.411 e. The number of hydrogen-bond acceptors (Lipinski definition) is 5. The topological polar surface area (TPSA) is 81.5 Å². The molecule has 0 N–H and O–H groups in total. The van der Waals surface area contributed by atoms with E-state index in [4.69, 9.17) is 10.00 Å². The normalized spacial score (nSPS) is 13.5. The minimum atomic E-state index is -4.57. The van der Waals surface area contributed by atoms with E-state index < -0.39 is 26.7 Å². The smallest absolute Gasteiger partial charge is 0.361 e. The molecule has 11 heteroatoms. The van der Waals surface area contributed by atoms with E-state index in [0.29, 0.717) is 35.6 Å². The summed E-state index contributed by atoms with van der Waals surface area (Å²) in [7, 11) is -1.18. The van der Waals surface area contributed by atoms with Crippen molar-refractivity contribution in [3.05, 3.63) is 31.0 Å². The molecule has 0 fully saturated rings. The zero-order valence-electron chi connectivity index (χ0n) is 17.0. The fourth-order valence-electron chi connectivity index (χ4n) is 2.96. The second kappa shape index (κ2) is 8.57. The third-order valence-electron chi connectivity index (χ3n) is 4.64. The summed E-state index contributed by atoms with van der Waals surface area (Å²) in [4.78, 5) is 8.54. The van der Waals surface area contributed by atoms with Crippen molar-refractivity contribution < 1.29 is 17.9 Å². The van der Waals surface area contributed by atoms with Gasteiger partial charge in [-0.15, -0.1) is 0 Å². The van der Waals surface area contributed by atoms with Gasteiger partial charge in [0, 0.05) is 38.0 Å². The van der Waals surface area contributed by atoms with Crippen molar-refractivity contribution in [2.45, 2.75) is 51.1 Å². The molecule has 0 saturated heterocycles. The zero-order valence-corrected chi connectivity index (χ0v) is 18.0. The van der Waals surface area contributed by atoms with Crippen molar-refractivity contribution in [3.8, 4) is 17.3 Å². The van der Waals surface area contributed by atoms with Gasteiger partial charge >= 0.3 is 6.18 Å². The number of alkyl halides is 3. The first kappa shape index (κ1) is 22.0. The molecule has 0 radical (unpaired) electrons. The highest BCUT2D eigenvalue weighted by Gasteiger charge is 2.41. The largest absolute Gasteiger partial charge is 0.411 e. The molecule has 30 heavy (non-hydrogen) atoms. The summed E-state index contributed by atoms with van der Waals surface area (Å²) in [6.07, 6.45) is 0.477. The number of aromatic nitrogens is 5. The first-order chi connectivity index (χ1) is 14.1. The van der Waals surface area contributed by atoms with Crippen molar-refractivity contribution in [2.75, 3.05) is 6.61 Å². The van der Waals surface area contributed by atoms with Crippen LogP contribution in [0, 0.1) is 11.3 Å². The molecular formula is C19H23F3N6OSi. The van der Waals surface area contributed by atoms with Gasteiger partial charge in [-0.05, 0) is 12.1 Å². The summed E-state index contributed by atoms with van der Waals surface area (Å²) >= 11 is 0. The molecule has 0 amide bonds. The number of ether oxygens (including phenoxy) is 1. The minimum Gasteiger partial charge on any atom is -0.361 e. The fourth-order valence-corrected chi connectivity index (χ4v) is 3.71. The van der Waals surface area contributed by atoms with E-state index >= 15 is 0 Å². The Kier molecular flexibility index (Phi) is 6.28. The fraction of sp³-hybridized carbons (Fsp3) is 0.474. The van der Waals surface area contributed by atoms with Crippen molar-refractivity contribution in [1.29, 1.82) is 5.26 Å². The SMILES string of the molecule is C[Si](C)(C)CCOCn1ccc2c(-c3cnn([C@H](CC#N)C(F)(F)F)c3)ncnc21. The molecule has 0 aliphatic heterocycles.